The minimum Gasteiger partial charge on any atom is -0.314 e. The van der Waals surface area contributed by atoms with Gasteiger partial charge < -0.3 is 5.32 Å². The van der Waals surface area contributed by atoms with Crippen molar-refractivity contribution in [3.05, 3.63) is 0 Å². The zero-order valence-electron chi connectivity index (χ0n) is 10.3. The van der Waals surface area contributed by atoms with Crippen LogP contribution in [0.5, 0.6) is 0 Å². The molecule has 0 amide bonds. The molecule has 1 unspecified atom stereocenters. The second-order valence-corrected chi connectivity index (χ2v) is 5.76. The van der Waals surface area contributed by atoms with Crippen LogP contribution in [0.25, 0.3) is 0 Å². The highest BCUT2D eigenvalue weighted by molar-refractivity contribution is 4.82. The van der Waals surface area contributed by atoms with Gasteiger partial charge in [-0.15, -0.1) is 0 Å². The predicted molar refractivity (Wildman–Crippen MR) is 65.0 cm³/mol. The molecule has 15 heavy (non-hydrogen) atoms. The molecule has 1 aliphatic carbocycles. The quantitative estimate of drug-likeness (QED) is 0.747. The fourth-order valence-electron chi connectivity index (χ4n) is 2.63. The van der Waals surface area contributed by atoms with E-state index in [0.717, 1.165) is 17.9 Å². The standard InChI is InChI=1S/C13H26N2/c1-11(2)9-13-10-14-6-8-15(13)7-5-12-3-4-12/h11-14H,3-10H2,1-2H3. The van der Waals surface area contributed by atoms with Crippen molar-refractivity contribution in [1.82, 2.24) is 10.2 Å². The van der Waals surface area contributed by atoms with Gasteiger partial charge in [0.2, 0.25) is 0 Å². The van der Waals surface area contributed by atoms with Gasteiger partial charge in [0.25, 0.3) is 0 Å². The van der Waals surface area contributed by atoms with Crippen LogP contribution >= 0.6 is 0 Å². The van der Waals surface area contributed by atoms with Gasteiger partial charge in [-0.25, -0.2) is 0 Å². The summed E-state index contributed by atoms with van der Waals surface area (Å²) in [6, 6.07) is 0.803. The molecule has 2 heteroatoms. The van der Waals surface area contributed by atoms with E-state index in [2.05, 4.69) is 24.1 Å². The van der Waals surface area contributed by atoms with Crippen molar-refractivity contribution in [2.24, 2.45) is 11.8 Å². The molecule has 1 atom stereocenters. The summed E-state index contributed by atoms with van der Waals surface area (Å²) >= 11 is 0. The second kappa shape index (κ2) is 5.31. The van der Waals surface area contributed by atoms with Gasteiger partial charge >= 0.3 is 0 Å². The molecule has 1 N–H and O–H groups in total. The average molecular weight is 210 g/mol. The lowest BCUT2D eigenvalue weighted by Gasteiger charge is -2.37. The van der Waals surface area contributed by atoms with Gasteiger partial charge in [-0.1, -0.05) is 26.7 Å². The molecular formula is C13H26N2. The minimum atomic E-state index is 0.803. The molecule has 0 aromatic heterocycles. The SMILES string of the molecule is CC(C)CC1CNCCN1CCC1CC1. The first-order chi connectivity index (χ1) is 7.25. The molecule has 88 valence electrons. The normalized spacial score (nSPS) is 28.6. The average Bonchev–Trinajstić information content (AvgIpc) is 2.99. The summed E-state index contributed by atoms with van der Waals surface area (Å²) < 4.78 is 0. The van der Waals surface area contributed by atoms with Crippen LogP contribution in [-0.2, 0) is 0 Å². The van der Waals surface area contributed by atoms with Crippen LogP contribution in [0, 0.1) is 11.8 Å². The van der Waals surface area contributed by atoms with Crippen molar-refractivity contribution < 1.29 is 0 Å². The molecule has 0 aromatic carbocycles. The van der Waals surface area contributed by atoms with E-state index in [9.17, 15) is 0 Å². The first kappa shape index (κ1) is 11.4. The van der Waals surface area contributed by atoms with Gasteiger partial charge in [-0.2, -0.15) is 0 Å². The van der Waals surface area contributed by atoms with Gasteiger partial charge in [0.15, 0.2) is 0 Å². The lowest BCUT2D eigenvalue weighted by molar-refractivity contribution is 0.138. The van der Waals surface area contributed by atoms with Crippen molar-refractivity contribution >= 4 is 0 Å². The Morgan fingerprint density at radius 3 is 2.80 bits per heavy atom. The molecule has 2 nitrogen and oxygen atoms in total. The lowest BCUT2D eigenvalue weighted by Crippen LogP contribution is -2.51. The number of hydrogen-bond donors (Lipinski definition) is 1. The van der Waals surface area contributed by atoms with Crippen molar-refractivity contribution in [2.75, 3.05) is 26.2 Å². The maximum absolute atomic E-state index is 3.53. The van der Waals surface area contributed by atoms with Crippen molar-refractivity contribution in [3.63, 3.8) is 0 Å². The Balaban J connectivity index is 1.75. The highest BCUT2D eigenvalue weighted by atomic mass is 15.2. The van der Waals surface area contributed by atoms with Crippen molar-refractivity contribution in [1.29, 1.82) is 0 Å². The first-order valence-corrected chi connectivity index (χ1v) is 6.70. The molecule has 2 rings (SSSR count). The third-order valence-corrected chi connectivity index (χ3v) is 3.74. The Morgan fingerprint density at radius 2 is 2.13 bits per heavy atom. The molecule has 1 saturated carbocycles. The summed E-state index contributed by atoms with van der Waals surface area (Å²) in [7, 11) is 0. The Bertz CT molecular complexity index is 187. The maximum Gasteiger partial charge on any atom is 0.0223 e. The number of hydrogen-bond acceptors (Lipinski definition) is 2. The highest BCUT2D eigenvalue weighted by Gasteiger charge is 2.26. The summed E-state index contributed by atoms with van der Waals surface area (Å²) in [4.78, 5) is 2.73. The molecule has 1 aliphatic heterocycles. The van der Waals surface area contributed by atoms with Gasteiger partial charge in [-0.3, -0.25) is 4.90 Å². The molecule has 2 fully saturated rings. The Labute approximate surface area is 94.4 Å². The first-order valence-electron chi connectivity index (χ1n) is 6.70. The fourth-order valence-corrected chi connectivity index (χ4v) is 2.63. The van der Waals surface area contributed by atoms with Crippen LogP contribution in [0.4, 0.5) is 0 Å². The zero-order chi connectivity index (χ0) is 10.7. The second-order valence-electron chi connectivity index (χ2n) is 5.76. The summed E-state index contributed by atoms with van der Waals surface area (Å²) in [5.41, 5.74) is 0. The molecule has 1 heterocycles. The Kier molecular flexibility index (Phi) is 4.04. The summed E-state index contributed by atoms with van der Waals surface area (Å²) in [5, 5.41) is 3.53. The minimum absolute atomic E-state index is 0.803. The van der Waals surface area contributed by atoms with Crippen LogP contribution in [0.3, 0.4) is 0 Å². The van der Waals surface area contributed by atoms with Crippen LogP contribution in [0.15, 0.2) is 0 Å². The van der Waals surface area contributed by atoms with E-state index in [1.165, 1.54) is 51.9 Å². The van der Waals surface area contributed by atoms with Crippen LogP contribution < -0.4 is 5.32 Å². The number of piperazine rings is 1. The summed E-state index contributed by atoms with van der Waals surface area (Å²) in [6.07, 6.45) is 5.81. The van der Waals surface area contributed by atoms with E-state index in [0.29, 0.717) is 0 Å². The van der Waals surface area contributed by atoms with E-state index < -0.39 is 0 Å². The van der Waals surface area contributed by atoms with E-state index in [4.69, 9.17) is 0 Å². The molecule has 0 bridgehead atoms. The predicted octanol–water partition coefficient (Wildman–Crippen LogP) is 2.11. The zero-order valence-corrected chi connectivity index (χ0v) is 10.3. The monoisotopic (exact) mass is 210 g/mol. The maximum atomic E-state index is 3.53. The van der Waals surface area contributed by atoms with Crippen molar-refractivity contribution in [3.8, 4) is 0 Å². The van der Waals surface area contributed by atoms with E-state index in [-0.39, 0.29) is 0 Å². The van der Waals surface area contributed by atoms with Gasteiger partial charge in [0.1, 0.15) is 0 Å². The summed E-state index contributed by atoms with van der Waals surface area (Å²) in [6.45, 7) is 9.71. The van der Waals surface area contributed by atoms with Crippen molar-refractivity contribution in [2.45, 2.75) is 45.6 Å². The number of rotatable bonds is 5. The molecule has 0 radical (unpaired) electrons. The Hall–Kier alpha value is -0.0800. The van der Waals surface area contributed by atoms with Crippen LogP contribution in [0.1, 0.15) is 39.5 Å². The molecule has 1 saturated heterocycles. The van der Waals surface area contributed by atoms with E-state index in [1.807, 2.05) is 0 Å². The van der Waals surface area contributed by atoms with Crippen LogP contribution in [0.2, 0.25) is 0 Å². The Morgan fingerprint density at radius 1 is 1.33 bits per heavy atom. The third kappa shape index (κ3) is 3.76. The number of nitrogens with one attached hydrogen (secondary N) is 1. The van der Waals surface area contributed by atoms with Gasteiger partial charge in [0, 0.05) is 25.7 Å². The van der Waals surface area contributed by atoms with Gasteiger partial charge in [0.05, 0.1) is 0 Å². The molecule has 0 aromatic rings. The topological polar surface area (TPSA) is 15.3 Å². The third-order valence-electron chi connectivity index (χ3n) is 3.74. The lowest BCUT2D eigenvalue weighted by atomic mass is 10.0. The number of nitrogens with zero attached hydrogens (tertiary/aromatic N) is 1. The van der Waals surface area contributed by atoms with E-state index >= 15 is 0 Å². The smallest absolute Gasteiger partial charge is 0.0223 e. The van der Waals surface area contributed by atoms with E-state index in [1.54, 1.807) is 0 Å². The van der Waals surface area contributed by atoms with Gasteiger partial charge in [-0.05, 0) is 31.2 Å². The fraction of sp³-hybridized carbons (Fsp3) is 1.00. The summed E-state index contributed by atoms with van der Waals surface area (Å²) in [5.74, 6) is 1.91. The highest BCUT2D eigenvalue weighted by Crippen LogP contribution is 2.32. The van der Waals surface area contributed by atoms with Crippen LogP contribution in [-0.4, -0.2) is 37.1 Å². The molecule has 2 aliphatic rings. The largest absolute Gasteiger partial charge is 0.314 e. The molecule has 0 spiro atoms. The molecular weight excluding hydrogens is 184 g/mol.